The SMILES string of the molecule is CCCCCCCCCCC(=O)OC(CCCCCCCCCC)CCCCCCCC(=O)O. The smallest absolute Gasteiger partial charge is 0.306 e. The minimum atomic E-state index is -0.700. The Hall–Kier alpha value is -1.06. The van der Waals surface area contributed by atoms with Crippen LogP contribution in [-0.4, -0.2) is 23.1 Å². The summed E-state index contributed by atoms with van der Waals surface area (Å²) >= 11 is 0. The van der Waals surface area contributed by atoms with Crippen molar-refractivity contribution in [3.8, 4) is 0 Å². The van der Waals surface area contributed by atoms with Crippen molar-refractivity contribution in [2.24, 2.45) is 0 Å². The molecule has 0 saturated heterocycles. The van der Waals surface area contributed by atoms with Gasteiger partial charge in [0.05, 0.1) is 0 Å². The molecule has 1 atom stereocenters. The maximum absolute atomic E-state index is 12.4. The van der Waals surface area contributed by atoms with Crippen LogP contribution >= 0.6 is 0 Å². The molecule has 34 heavy (non-hydrogen) atoms. The van der Waals surface area contributed by atoms with Crippen molar-refractivity contribution in [3.63, 3.8) is 0 Å². The second kappa shape index (κ2) is 26.5. The highest BCUT2D eigenvalue weighted by Crippen LogP contribution is 2.18. The van der Waals surface area contributed by atoms with Crippen molar-refractivity contribution < 1.29 is 19.4 Å². The van der Waals surface area contributed by atoms with E-state index in [1.165, 1.54) is 83.5 Å². The average Bonchev–Trinajstić information content (AvgIpc) is 2.81. The molecule has 1 N–H and O–H groups in total. The number of carboxylic acids is 1. The number of hydrogen-bond acceptors (Lipinski definition) is 3. The van der Waals surface area contributed by atoms with Crippen molar-refractivity contribution in [2.75, 3.05) is 0 Å². The quantitative estimate of drug-likeness (QED) is 0.0934. The number of rotatable bonds is 27. The zero-order valence-corrected chi connectivity index (χ0v) is 22.9. The van der Waals surface area contributed by atoms with Gasteiger partial charge in [0.15, 0.2) is 0 Å². The van der Waals surface area contributed by atoms with E-state index in [-0.39, 0.29) is 18.5 Å². The van der Waals surface area contributed by atoms with Crippen LogP contribution in [0.4, 0.5) is 0 Å². The van der Waals surface area contributed by atoms with Crippen LogP contribution in [0.3, 0.4) is 0 Å². The standard InChI is InChI=1S/C30H58O4/c1-3-5-7-9-11-13-16-20-24-28(25-21-17-15-18-22-26-29(31)32)34-30(33)27-23-19-14-12-10-8-6-4-2/h28H,3-27H2,1-2H3,(H,31,32). The van der Waals surface area contributed by atoms with Gasteiger partial charge in [-0.1, -0.05) is 123 Å². The largest absolute Gasteiger partial charge is 0.481 e. The molecule has 0 bridgehead atoms. The Morgan fingerprint density at radius 2 is 0.882 bits per heavy atom. The molecule has 4 heteroatoms. The van der Waals surface area contributed by atoms with E-state index in [0.29, 0.717) is 6.42 Å². The number of hydrogen-bond donors (Lipinski definition) is 1. The normalized spacial score (nSPS) is 12.1. The van der Waals surface area contributed by atoms with Crippen LogP contribution in [0.1, 0.15) is 174 Å². The lowest BCUT2D eigenvalue weighted by Gasteiger charge is -2.18. The maximum Gasteiger partial charge on any atom is 0.306 e. The molecular formula is C30H58O4. The first-order valence-electron chi connectivity index (χ1n) is 15.0. The Morgan fingerprint density at radius 1 is 0.529 bits per heavy atom. The summed E-state index contributed by atoms with van der Waals surface area (Å²) in [6.07, 6.45) is 28.2. The van der Waals surface area contributed by atoms with Crippen molar-refractivity contribution in [2.45, 2.75) is 180 Å². The minimum absolute atomic E-state index is 0.00277. The summed E-state index contributed by atoms with van der Waals surface area (Å²) in [6, 6.07) is 0. The first kappa shape index (κ1) is 32.9. The minimum Gasteiger partial charge on any atom is -0.481 e. The summed E-state index contributed by atoms with van der Waals surface area (Å²) in [6.45, 7) is 4.50. The van der Waals surface area contributed by atoms with Crippen molar-refractivity contribution in [1.29, 1.82) is 0 Å². The van der Waals surface area contributed by atoms with E-state index in [4.69, 9.17) is 9.84 Å². The van der Waals surface area contributed by atoms with Crippen LogP contribution in [0.2, 0.25) is 0 Å². The lowest BCUT2D eigenvalue weighted by Crippen LogP contribution is -2.18. The van der Waals surface area contributed by atoms with Gasteiger partial charge in [-0.2, -0.15) is 0 Å². The molecule has 0 spiro atoms. The van der Waals surface area contributed by atoms with Gasteiger partial charge in [-0.25, -0.2) is 0 Å². The van der Waals surface area contributed by atoms with Crippen LogP contribution in [0.5, 0.6) is 0 Å². The molecule has 0 heterocycles. The summed E-state index contributed by atoms with van der Waals surface area (Å²) in [7, 11) is 0. The first-order chi connectivity index (χ1) is 16.6. The van der Waals surface area contributed by atoms with Crippen LogP contribution in [-0.2, 0) is 14.3 Å². The van der Waals surface area contributed by atoms with Gasteiger partial charge >= 0.3 is 11.9 Å². The number of carbonyl (C=O) groups excluding carboxylic acids is 1. The predicted octanol–water partition coefficient (Wildman–Crippen LogP) is 9.78. The molecule has 0 aliphatic rings. The Balaban J connectivity index is 4.05. The molecule has 4 nitrogen and oxygen atoms in total. The summed E-state index contributed by atoms with van der Waals surface area (Å²) < 4.78 is 5.91. The van der Waals surface area contributed by atoms with E-state index in [9.17, 15) is 9.59 Å². The van der Waals surface area contributed by atoms with E-state index in [1.54, 1.807) is 0 Å². The third-order valence-electron chi connectivity index (χ3n) is 6.83. The highest BCUT2D eigenvalue weighted by molar-refractivity contribution is 5.69. The molecule has 0 radical (unpaired) electrons. The molecule has 0 saturated carbocycles. The van der Waals surface area contributed by atoms with E-state index < -0.39 is 5.97 Å². The predicted molar refractivity (Wildman–Crippen MR) is 144 cm³/mol. The van der Waals surface area contributed by atoms with Gasteiger partial charge in [0, 0.05) is 12.8 Å². The molecule has 0 aromatic rings. The zero-order chi connectivity index (χ0) is 25.1. The Morgan fingerprint density at radius 3 is 1.29 bits per heavy atom. The van der Waals surface area contributed by atoms with Gasteiger partial charge in [0.1, 0.15) is 6.10 Å². The second-order valence-electron chi connectivity index (χ2n) is 10.3. The first-order valence-corrected chi connectivity index (χ1v) is 15.0. The van der Waals surface area contributed by atoms with Crippen LogP contribution in [0.25, 0.3) is 0 Å². The molecule has 0 amide bonds. The van der Waals surface area contributed by atoms with Crippen molar-refractivity contribution >= 4 is 11.9 Å². The molecular weight excluding hydrogens is 424 g/mol. The highest BCUT2D eigenvalue weighted by atomic mass is 16.5. The van der Waals surface area contributed by atoms with Gasteiger partial charge in [-0.05, 0) is 38.5 Å². The van der Waals surface area contributed by atoms with E-state index in [1.807, 2.05) is 0 Å². The van der Waals surface area contributed by atoms with Gasteiger partial charge in [0.25, 0.3) is 0 Å². The topological polar surface area (TPSA) is 63.6 Å². The summed E-state index contributed by atoms with van der Waals surface area (Å²) in [5.41, 5.74) is 0. The lowest BCUT2D eigenvalue weighted by atomic mass is 10.0. The van der Waals surface area contributed by atoms with Crippen molar-refractivity contribution in [1.82, 2.24) is 0 Å². The molecule has 0 aromatic heterocycles. The van der Waals surface area contributed by atoms with Crippen LogP contribution in [0, 0.1) is 0 Å². The molecule has 0 aliphatic heterocycles. The summed E-state index contributed by atoms with van der Waals surface area (Å²) in [5, 5.41) is 8.73. The third kappa shape index (κ3) is 25.6. The molecule has 1 unspecified atom stereocenters. The third-order valence-corrected chi connectivity index (χ3v) is 6.83. The second-order valence-corrected chi connectivity index (χ2v) is 10.3. The Kier molecular flexibility index (Phi) is 25.7. The number of esters is 1. The van der Waals surface area contributed by atoms with E-state index in [2.05, 4.69) is 13.8 Å². The lowest BCUT2D eigenvalue weighted by molar-refractivity contribution is -0.150. The fourth-order valence-corrected chi connectivity index (χ4v) is 4.59. The highest BCUT2D eigenvalue weighted by Gasteiger charge is 2.14. The van der Waals surface area contributed by atoms with Gasteiger partial charge in [-0.3, -0.25) is 9.59 Å². The Labute approximate surface area is 212 Å². The Bertz CT molecular complexity index is 449. The number of unbranched alkanes of at least 4 members (excludes halogenated alkanes) is 18. The fraction of sp³-hybridized carbons (Fsp3) is 0.933. The van der Waals surface area contributed by atoms with Crippen LogP contribution in [0.15, 0.2) is 0 Å². The number of carbonyl (C=O) groups is 2. The van der Waals surface area contributed by atoms with E-state index in [0.717, 1.165) is 64.2 Å². The number of carboxylic acid groups (broad SMARTS) is 1. The fourth-order valence-electron chi connectivity index (χ4n) is 4.59. The molecule has 0 aromatic carbocycles. The maximum atomic E-state index is 12.4. The number of aliphatic carboxylic acids is 1. The van der Waals surface area contributed by atoms with Gasteiger partial charge in [-0.15, -0.1) is 0 Å². The molecule has 0 rings (SSSR count). The molecule has 202 valence electrons. The average molecular weight is 483 g/mol. The monoisotopic (exact) mass is 482 g/mol. The van der Waals surface area contributed by atoms with Crippen LogP contribution < -0.4 is 0 Å². The molecule has 0 fully saturated rings. The van der Waals surface area contributed by atoms with Crippen molar-refractivity contribution in [3.05, 3.63) is 0 Å². The van der Waals surface area contributed by atoms with Gasteiger partial charge in [0.2, 0.25) is 0 Å². The summed E-state index contributed by atoms with van der Waals surface area (Å²) in [4.78, 5) is 23.0. The molecule has 0 aliphatic carbocycles. The zero-order valence-electron chi connectivity index (χ0n) is 22.9. The van der Waals surface area contributed by atoms with E-state index >= 15 is 0 Å². The number of ether oxygens (including phenoxy) is 1. The van der Waals surface area contributed by atoms with Gasteiger partial charge < -0.3 is 9.84 Å². The summed E-state index contributed by atoms with van der Waals surface area (Å²) in [5.74, 6) is -0.703.